The number of benzene rings is 1. The Kier molecular flexibility index (Phi) is 7.70. The molecule has 0 radical (unpaired) electrons. The van der Waals surface area contributed by atoms with Crippen LogP contribution in [-0.2, 0) is 16.0 Å². The number of ether oxygens (including phenoxy) is 1. The second-order valence-electron chi connectivity index (χ2n) is 7.43. The monoisotopic (exact) mass is 360 g/mol. The fourth-order valence-electron chi connectivity index (χ4n) is 3.23. The van der Waals surface area contributed by atoms with Crippen molar-refractivity contribution in [1.82, 2.24) is 0 Å². The molecule has 0 fully saturated rings. The molecular weight excluding hydrogens is 331 g/mol. The van der Waals surface area contributed by atoms with Gasteiger partial charge in [-0.15, -0.1) is 0 Å². The Labute approximate surface area is 156 Å². The minimum Gasteiger partial charge on any atom is -0.535 e. The molecule has 1 atom stereocenters. The molecule has 0 unspecified atom stereocenters. The summed E-state index contributed by atoms with van der Waals surface area (Å²) in [5.74, 6) is 0.374. The zero-order chi connectivity index (χ0) is 19.1. The van der Waals surface area contributed by atoms with Crippen molar-refractivity contribution in [3.8, 4) is 5.75 Å². The second kappa shape index (κ2) is 9.76. The summed E-state index contributed by atoms with van der Waals surface area (Å²) >= 11 is 0. The van der Waals surface area contributed by atoms with E-state index in [1.165, 1.54) is 0 Å². The first-order valence-corrected chi connectivity index (χ1v) is 9.57. The van der Waals surface area contributed by atoms with Crippen molar-refractivity contribution < 1.29 is 24.0 Å². The molecule has 2 rings (SSSR count). The van der Waals surface area contributed by atoms with Crippen molar-refractivity contribution in [1.29, 1.82) is 0 Å². The molecule has 0 aliphatic carbocycles. The van der Waals surface area contributed by atoms with Crippen LogP contribution in [0.4, 0.5) is 0 Å². The SMILES string of the molecule is CCCC(=O)C[C@H]1Cc2cccc(C(=O)OCCCC(C)C)c2OB1O. The molecule has 1 N–H and O–H groups in total. The highest BCUT2D eigenvalue weighted by molar-refractivity contribution is 6.47. The predicted octanol–water partition coefficient (Wildman–Crippen LogP) is 3.82. The zero-order valence-corrected chi connectivity index (χ0v) is 16.0. The summed E-state index contributed by atoms with van der Waals surface area (Å²) in [7, 11) is -1.09. The number of hydrogen-bond acceptors (Lipinski definition) is 5. The van der Waals surface area contributed by atoms with Crippen LogP contribution in [0.15, 0.2) is 18.2 Å². The summed E-state index contributed by atoms with van der Waals surface area (Å²) in [4.78, 5) is 24.3. The van der Waals surface area contributed by atoms with Crippen LogP contribution < -0.4 is 4.65 Å². The topological polar surface area (TPSA) is 72.8 Å². The van der Waals surface area contributed by atoms with Gasteiger partial charge in [-0.2, -0.15) is 0 Å². The number of rotatable bonds is 9. The Morgan fingerprint density at radius 3 is 2.85 bits per heavy atom. The molecule has 0 saturated heterocycles. The third-order valence-electron chi connectivity index (χ3n) is 4.62. The number of ketones is 1. The molecule has 0 aromatic heterocycles. The summed E-state index contributed by atoms with van der Waals surface area (Å²) in [5, 5.41) is 10.3. The van der Waals surface area contributed by atoms with Crippen molar-refractivity contribution in [2.75, 3.05) is 6.61 Å². The number of esters is 1. The van der Waals surface area contributed by atoms with Crippen molar-refractivity contribution >= 4 is 18.9 Å². The van der Waals surface area contributed by atoms with Gasteiger partial charge in [0.2, 0.25) is 0 Å². The molecule has 0 amide bonds. The molecule has 26 heavy (non-hydrogen) atoms. The minimum absolute atomic E-state index is 0.129. The van der Waals surface area contributed by atoms with Crippen LogP contribution in [0.25, 0.3) is 0 Å². The third kappa shape index (κ3) is 5.59. The average molecular weight is 360 g/mol. The Morgan fingerprint density at radius 1 is 1.38 bits per heavy atom. The lowest BCUT2D eigenvalue weighted by Gasteiger charge is -2.28. The van der Waals surface area contributed by atoms with Crippen molar-refractivity contribution in [3.05, 3.63) is 29.3 Å². The Morgan fingerprint density at radius 2 is 2.15 bits per heavy atom. The van der Waals surface area contributed by atoms with Gasteiger partial charge in [-0.05, 0) is 43.2 Å². The van der Waals surface area contributed by atoms with Gasteiger partial charge in [0.25, 0.3) is 0 Å². The second-order valence-corrected chi connectivity index (χ2v) is 7.43. The number of para-hydroxylation sites is 1. The maximum absolute atomic E-state index is 12.4. The summed E-state index contributed by atoms with van der Waals surface area (Å²) in [6.07, 6.45) is 3.94. The number of carbonyl (C=O) groups excluding carboxylic acids is 2. The van der Waals surface area contributed by atoms with Crippen LogP contribution >= 0.6 is 0 Å². The van der Waals surface area contributed by atoms with Gasteiger partial charge in [0, 0.05) is 18.7 Å². The average Bonchev–Trinajstić information content (AvgIpc) is 2.58. The summed E-state index contributed by atoms with van der Waals surface area (Å²) < 4.78 is 11.0. The van der Waals surface area contributed by atoms with Gasteiger partial charge in [0.05, 0.1) is 6.61 Å². The summed E-state index contributed by atoms with van der Waals surface area (Å²) in [6, 6.07) is 5.31. The van der Waals surface area contributed by atoms with Crippen molar-refractivity contribution in [2.24, 2.45) is 5.92 Å². The smallest absolute Gasteiger partial charge is 0.526 e. The van der Waals surface area contributed by atoms with E-state index in [4.69, 9.17) is 9.39 Å². The lowest BCUT2D eigenvalue weighted by Crippen LogP contribution is -2.35. The van der Waals surface area contributed by atoms with Crippen LogP contribution in [0.5, 0.6) is 5.75 Å². The summed E-state index contributed by atoms with van der Waals surface area (Å²) in [6.45, 7) is 6.59. The van der Waals surface area contributed by atoms with E-state index in [0.29, 0.717) is 43.1 Å². The lowest BCUT2D eigenvalue weighted by atomic mass is 9.64. The van der Waals surface area contributed by atoms with Gasteiger partial charge in [0.15, 0.2) is 0 Å². The highest BCUT2D eigenvalue weighted by Gasteiger charge is 2.37. The molecule has 142 valence electrons. The van der Waals surface area contributed by atoms with E-state index in [-0.39, 0.29) is 11.6 Å². The van der Waals surface area contributed by atoms with Gasteiger partial charge in [0.1, 0.15) is 17.1 Å². The largest absolute Gasteiger partial charge is 0.535 e. The molecule has 5 nitrogen and oxygen atoms in total. The highest BCUT2D eigenvalue weighted by Crippen LogP contribution is 2.36. The van der Waals surface area contributed by atoms with Crippen LogP contribution in [0, 0.1) is 5.92 Å². The van der Waals surface area contributed by atoms with Crippen LogP contribution in [0.2, 0.25) is 5.82 Å². The van der Waals surface area contributed by atoms with Gasteiger partial charge in [-0.1, -0.05) is 32.9 Å². The van der Waals surface area contributed by atoms with E-state index < -0.39 is 13.1 Å². The molecule has 1 aliphatic heterocycles. The Balaban J connectivity index is 2.03. The van der Waals surface area contributed by atoms with E-state index in [1.54, 1.807) is 12.1 Å². The Bertz CT molecular complexity index is 629. The van der Waals surface area contributed by atoms with E-state index in [9.17, 15) is 14.6 Å². The Hall–Kier alpha value is -1.82. The predicted molar refractivity (Wildman–Crippen MR) is 101 cm³/mol. The van der Waals surface area contributed by atoms with Gasteiger partial charge in [-0.3, -0.25) is 4.79 Å². The quantitative estimate of drug-likeness (QED) is 0.412. The van der Waals surface area contributed by atoms with E-state index >= 15 is 0 Å². The van der Waals surface area contributed by atoms with Gasteiger partial charge in [-0.25, -0.2) is 4.79 Å². The highest BCUT2D eigenvalue weighted by atomic mass is 16.5. The van der Waals surface area contributed by atoms with E-state index in [1.807, 2.05) is 13.0 Å². The minimum atomic E-state index is -1.09. The first-order chi connectivity index (χ1) is 12.4. The maximum atomic E-state index is 12.4. The molecule has 0 spiro atoms. The zero-order valence-electron chi connectivity index (χ0n) is 16.0. The molecule has 1 aromatic carbocycles. The summed E-state index contributed by atoms with van der Waals surface area (Å²) in [5.41, 5.74) is 1.17. The molecule has 1 aromatic rings. The molecule has 0 saturated carbocycles. The standard InChI is InChI=1S/C20H29BO5/c1-4-7-17(22)13-16-12-15-9-5-10-18(19(15)26-21(16)24)20(23)25-11-6-8-14(2)3/h5,9-10,14,16,24H,4,6-8,11-13H2,1-3H3/t16-/m1/s1. The first-order valence-electron chi connectivity index (χ1n) is 9.57. The fraction of sp³-hybridized carbons (Fsp3) is 0.600. The fourth-order valence-corrected chi connectivity index (χ4v) is 3.23. The molecule has 1 aliphatic rings. The van der Waals surface area contributed by atoms with Crippen molar-refractivity contribution in [2.45, 2.75) is 65.1 Å². The number of fused-ring (bicyclic) bond motifs is 1. The molecule has 1 heterocycles. The van der Waals surface area contributed by atoms with E-state index in [2.05, 4.69) is 13.8 Å². The molecular formula is C20H29BO5. The molecule has 6 heteroatoms. The maximum Gasteiger partial charge on any atom is 0.526 e. The number of Topliss-reactive ketones (excluding diaryl/α,β-unsaturated/α-hetero) is 1. The normalized spacial score (nSPS) is 16.2. The number of hydrogen-bond donors (Lipinski definition) is 1. The van der Waals surface area contributed by atoms with Crippen LogP contribution in [0.3, 0.4) is 0 Å². The lowest BCUT2D eigenvalue weighted by molar-refractivity contribution is -0.119. The van der Waals surface area contributed by atoms with Gasteiger partial charge < -0.3 is 14.4 Å². The van der Waals surface area contributed by atoms with E-state index in [0.717, 1.165) is 24.8 Å². The third-order valence-corrected chi connectivity index (χ3v) is 4.62. The van der Waals surface area contributed by atoms with Crippen LogP contribution in [-0.4, -0.2) is 30.5 Å². The first kappa shape index (κ1) is 20.5. The van der Waals surface area contributed by atoms with Gasteiger partial charge >= 0.3 is 13.1 Å². The molecule has 0 bridgehead atoms. The van der Waals surface area contributed by atoms with Crippen LogP contribution in [0.1, 0.15) is 68.8 Å². The van der Waals surface area contributed by atoms with Crippen molar-refractivity contribution in [3.63, 3.8) is 0 Å². The number of carbonyl (C=O) groups is 2.